The highest BCUT2D eigenvalue weighted by atomic mass is 16.5. The summed E-state index contributed by atoms with van der Waals surface area (Å²) in [5.41, 5.74) is -0.269. The molecule has 18 heavy (non-hydrogen) atoms. The molecule has 2 unspecified atom stereocenters. The first-order valence-electron chi connectivity index (χ1n) is 5.77. The molecule has 0 bridgehead atoms. The van der Waals surface area contributed by atoms with Crippen molar-refractivity contribution in [3.8, 4) is 0 Å². The zero-order valence-electron chi connectivity index (χ0n) is 9.97. The number of aromatic nitrogens is 2. The van der Waals surface area contributed by atoms with Crippen LogP contribution in [0.5, 0.6) is 0 Å². The van der Waals surface area contributed by atoms with Gasteiger partial charge in [0.05, 0.1) is 12.4 Å². The predicted molar refractivity (Wildman–Crippen MR) is 61.4 cm³/mol. The molecule has 1 aromatic rings. The number of aromatic amines is 1. The maximum Gasteiger partial charge on any atom is 0.354 e. The van der Waals surface area contributed by atoms with Crippen LogP contribution in [0.3, 0.4) is 0 Å². The highest BCUT2D eigenvalue weighted by Crippen LogP contribution is 2.14. The van der Waals surface area contributed by atoms with E-state index in [0.717, 1.165) is 12.8 Å². The number of hydrogen-bond acceptors (Lipinski definition) is 4. The molecule has 98 valence electrons. The van der Waals surface area contributed by atoms with E-state index in [1.807, 2.05) is 6.92 Å². The van der Waals surface area contributed by atoms with E-state index in [-0.39, 0.29) is 23.5 Å². The fourth-order valence-corrected chi connectivity index (χ4v) is 2.01. The molecule has 0 saturated carbocycles. The largest absolute Gasteiger partial charge is 0.477 e. The Hall–Kier alpha value is -1.89. The molecule has 7 heteroatoms. The average Bonchev–Trinajstić information content (AvgIpc) is 2.77. The number of carboxylic acid groups (broad SMARTS) is 1. The van der Waals surface area contributed by atoms with Crippen molar-refractivity contribution in [1.82, 2.24) is 15.3 Å². The maximum atomic E-state index is 11.9. The second kappa shape index (κ2) is 5.18. The number of aromatic carboxylic acids is 1. The number of rotatable bonds is 3. The monoisotopic (exact) mass is 253 g/mol. The minimum absolute atomic E-state index is 0.000375. The standard InChI is InChI=1S/C11H15N3O4/c1-6-4-7(2-3-18-6)14-10(15)8-9(11(16)17)13-5-12-8/h5-7H,2-4H2,1H3,(H,12,13)(H,14,15)(H,16,17). The van der Waals surface area contributed by atoms with E-state index in [9.17, 15) is 9.59 Å². The molecule has 1 aliphatic rings. The van der Waals surface area contributed by atoms with E-state index in [1.165, 1.54) is 6.33 Å². The highest BCUT2D eigenvalue weighted by Gasteiger charge is 2.25. The van der Waals surface area contributed by atoms with Crippen LogP contribution in [0.15, 0.2) is 6.33 Å². The Bertz CT molecular complexity index is 457. The van der Waals surface area contributed by atoms with Gasteiger partial charge in [0.1, 0.15) is 0 Å². The molecule has 2 atom stereocenters. The van der Waals surface area contributed by atoms with Gasteiger partial charge in [0.15, 0.2) is 11.4 Å². The number of carboxylic acids is 1. The highest BCUT2D eigenvalue weighted by molar-refractivity contribution is 6.02. The third-order valence-electron chi connectivity index (χ3n) is 2.89. The van der Waals surface area contributed by atoms with Gasteiger partial charge in [-0.15, -0.1) is 0 Å². The first kappa shape index (κ1) is 12.6. The van der Waals surface area contributed by atoms with Crippen LogP contribution in [0.2, 0.25) is 0 Å². The van der Waals surface area contributed by atoms with E-state index >= 15 is 0 Å². The van der Waals surface area contributed by atoms with Crippen LogP contribution in [-0.2, 0) is 4.74 Å². The molecule has 1 amide bonds. The van der Waals surface area contributed by atoms with Crippen LogP contribution < -0.4 is 5.32 Å². The Morgan fingerprint density at radius 2 is 2.39 bits per heavy atom. The van der Waals surface area contributed by atoms with Gasteiger partial charge in [-0.25, -0.2) is 9.78 Å². The van der Waals surface area contributed by atoms with Gasteiger partial charge in [-0.1, -0.05) is 0 Å². The molecule has 1 saturated heterocycles. The van der Waals surface area contributed by atoms with Crippen molar-refractivity contribution in [3.63, 3.8) is 0 Å². The van der Waals surface area contributed by atoms with Crippen LogP contribution in [0.4, 0.5) is 0 Å². The van der Waals surface area contributed by atoms with Crippen LogP contribution in [0, 0.1) is 0 Å². The van der Waals surface area contributed by atoms with Crippen molar-refractivity contribution in [1.29, 1.82) is 0 Å². The fraction of sp³-hybridized carbons (Fsp3) is 0.545. The SMILES string of the molecule is CC1CC(NC(=O)c2nc[nH]c2C(=O)O)CCO1. The van der Waals surface area contributed by atoms with E-state index in [2.05, 4.69) is 15.3 Å². The number of nitrogens with zero attached hydrogens (tertiary/aromatic N) is 1. The summed E-state index contributed by atoms with van der Waals surface area (Å²) in [5.74, 6) is -1.66. The van der Waals surface area contributed by atoms with E-state index in [1.54, 1.807) is 0 Å². The molecule has 1 aliphatic heterocycles. The molecule has 0 aliphatic carbocycles. The Morgan fingerprint density at radius 3 is 3.06 bits per heavy atom. The summed E-state index contributed by atoms with van der Waals surface area (Å²) < 4.78 is 5.38. The van der Waals surface area contributed by atoms with Crippen molar-refractivity contribution in [3.05, 3.63) is 17.7 Å². The smallest absolute Gasteiger partial charge is 0.354 e. The Kier molecular flexibility index (Phi) is 3.61. The summed E-state index contributed by atoms with van der Waals surface area (Å²) in [6, 6.07) is -0.000375. The van der Waals surface area contributed by atoms with E-state index in [4.69, 9.17) is 9.84 Å². The summed E-state index contributed by atoms with van der Waals surface area (Å²) in [6.07, 6.45) is 2.74. The molecular weight excluding hydrogens is 238 g/mol. The fourth-order valence-electron chi connectivity index (χ4n) is 2.01. The third-order valence-corrected chi connectivity index (χ3v) is 2.89. The van der Waals surface area contributed by atoms with Crippen molar-refractivity contribution in [2.75, 3.05) is 6.61 Å². The molecule has 0 aromatic carbocycles. The zero-order chi connectivity index (χ0) is 13.1. The molecule has 2 heterocycles. The number of amides is 1. The number of carbonyl (C=O) groups excluding carboxylic acids is 1. The summed E-state index contributed by atoms with van der Waals surface area (Å²) >= 11 is 0. The van der Waals surface area contributed by atoms with Crippen LogP contribution in [-0.4, -0.2) is 45.7 Å². The molecule has 7 nitrogen and oxygen atoms in total. The molecule has 3 N–H and O–H groups in total. The molecule has 1 fully saturated rings. The Morgan fingerprint density at radius 1 is 1.61 bits per heavy atom. The van der Waals surface area contributed by atoms with Gasteiger partial charge < -0.3 is 20.1 Å². The van der Waals surface area contributed by atoms with Gasteiger partial charge in [-0.2, -0.15) is 0 Å². The van der Waals surface area contributed by atoms with Crippen LogP contribution in [0.1, 0.15) is 40.7 Å². The zero-order valence-corrected chi connectivity index (χ0v) is 9.97. The first-order valence-corrected chi connectivity index (χ1v) is 5.77. The lowest BCUT2D eigenvalue weighted by Gasteiger charge is -2.27. The van der Waals surface area contributed by atoms with Crippen LogP contribution >= 0.6 is 0 Å². The molecule has 2 rings (SSSR count). The van der Waals surface area contributed by atoms with Gasteiger partial charge in [0, 0.05) is 12.6 Å². The molecule has 1 aromatic heterocycles. The minimum Gasteiger partial charge on any atom is -0.477 e. The molecule has 0 radical (unpaired) electrons. The van der Waals surface area contributed by atoms with Gasteiger partial charge in [0.2, 0.25) is 0 Å². The van der Waals surface area contributed by atoms with Gasteiger partial charge in [0.25, 0.3) is 5.91 Å². The number of ether oxygens (including phenoxy) is 1. The first-order chi connectivity index (χ1) is 8.58. The van der Waals surface area contributed by atoms with Gasteiger partial charge >= 0.3 is 5.97 Å². The lowest BCUT2D eigenvalue weighted by atomic mass is 10.0. The van der Waals surface area contributed by atoms with Gasteiger partial charge in [-0.05, 0) is 19.8 Å². The second-order valence-corrected chi connectivity index (χ2v) is 4.31. The quantitative estimate of drug-likeness (QED) is 0.723. The van der Waals surface area contributed by atoms with Crippen molar-refractivity contribution >= 4 is 11.9 Å². The van der Waals surface area contributed by atoms with Crippen LogP contribution in [0.25, 0.3) is 0 Å². The second-order valence-electron chi connectivity index (χ2n) is 4.31. The summed E-state index contributed by atoms with van der Waals surface area (Å²) in [6.45, 7) is 2.54. The van der Waals surface area contributed by atoms with Crippen molar-refractivity contribution in [2.45, 2.75) is 31.9 Å². The van der Waals surface area contributed by atoms with Crippen molar-refractivity contribution < 1.29 is 19.4 Å². The van der Waals surface area contributed by atoms with Crippen molar-refractivity contribution in [2.24, 2.45) is 0 Å². The Labute approximate surface area is 104 Å². The summed E-state index contributed by atoms with van der Waals surface area (Å²) in [4.78, 5) is 28.9. The summed E-state index contributed by atoms with van der Waals surface area (Å²) in [5, 5.41) is 11.7. The summed E-state index contributed by atoms with van der Waals surface area (Å²) in [7, 11) is 0. The number of nitrogens with one attached hydrogen (secondary N) is 2. The Balaban J connectivity index is 2.03. The lowest BCUT2D eigenvalue weighted by Crippen LogP contribution is -2.41. The van der Waals surface area contributed by atoms with Gasteiger partial charge in [-0.3, -0.25) is 4.79 Å². The van der Waals surface area contributed by atoms with E-state index < -0.39 is 11.9 Å². The number of H-pyrrole nitrogens is 1. The minimum atomic E-state index is -1.20. The maximum absolute atomic E-state index is 11.9. The molecule has 0 spiro atoms. The lowest BCUT2D eigenvalue weighted by molar-refractivity contribution is 0.0136. The predicted octanol–water partition coefficient (Wildman–Crippen LogP) is 0.405. The third kappa shape index (κ3) is 2.67. The number of carbonyl (C=O) groups is 2. The number of imidazole rings is 1. The molecular formula is C11H15N3O4. The van der Waals surface area contributed by atoms with E-state index in [0.29, 0.717) is 6.61 Å². The topological polar surface area (TPSA) is 104 Å². The average molecular weight is 253 g/mol. The normalized spacial score (nSPS) is 23.6. The number of hydrogen-bond donors (Lipinski definition) is 3.